The number of ether oxygens (including phenoxy) is 1. The van der Waals surface area contributed by atoms with Crippen molar-refractivity contribution in [3.63, 3.8) is 0 Å². The van der Waals surface area contributed by atoms with Crippen LogP contribution < -0.4 is 0 Å². The molecule has 6 heteroatoms. The highest BCUT2D eigenvalue weighted by Gasteiger charge is 2.27. The van der Waals surface area contributed by atoms with E-state index in [0.717, 1.165) is 78.3 Å². The van der Waals surface area contributed by atoms with E-state index in [1.165, 1.54) is 18.2 Å². The zero-order valence-electron chi connectivity index (χ0n) is 21.2. The quantitative estimate of drug-likeness (QED) is 0.313. The Hall–Kier alpha value is -3.02. The second kappa shape index (κ2) is 11.6. The average molecular weight is 519 g/mol. The summed E-state index contributed by atoms with van der Waals surface area (Å²) in [4.78, 5) is 19.5. The summed E-state index contributed by atoms with van der Waals surface area (Å²) in [7, 11) is 1.41. The van der Waals surface area contributed by atoms with Crippen LogP contribution in [0.1, 0.15) is 57.6 Å². The number of pyridine rings is 1. The molecule has 3 aromatic rings. The van der Waals surface area contributed by atoms with Crippen LogP contribution in [0.25, 0.3) is 11.1 Å². The summed E-state index contributed by atoms with van der Waals surface area (Å²) >= 11 is 6.68. The molecule has 0 N–H and O–H groups in total. The number of aryl methyl sites for hydroxylation is 1. The van der Waals surface area contributed by atoms with Crippen LogP contribution in [0.15, 0.2) is 60.8 Å². The highest BCUT2D eigenvalue weighted by atomic mass is 35.5. The monoisotopic (exact) mass is 518 g/mol. The number of carbonyl (C=O) groups is 1. The molecule has 1 saturated heterocycles. The maximum atomic E-state index is 12.4. The number of carbonyl (C=O) groups excluding carboxylic acids is 1. The fourth-order valence-corrected chi connectivity index (χ4v) is 5.85. The Morgan fingerprint density at radius 1 is 1.11 bits per heavy atom. The molecule has 1 aromatic heterocycles. The van der Waals surface area contributed by atoms with Gasteiger partial charge in [0.25, 0.3) is 0 Å². The number of rotatable bonds is 8. The molecule has 2 aliphatic rings. The first-order chi connectivity index (χ1) is 18.1. The summed E-state index contributed by atoms with van der Waals surface area (Å²) in [6, 6.07) is 18.1. The van der Waals surface area contributed by atoms with Gasteiger partial charge in [0.1, 0.15) is 0 Å². The third kappa shape index (κ3) is 5.63. The third-order valence-corrected chi connectivity index (χ3v) is 7.74. The fourth-order valence-electron chi connectivity index (χ4n) is 5.60. The third-order valence-electron chi connectivity index (χ3n) is 7.42. The van der Waals surface area contributed by atoms with E-state index in [-0.39, 0.29) is 12.6 Å². The van der Waals surface area contributed by atoms with Crippen molar-refractivity contribution in [3.05, 3.63) is 99.3 Å². The van der Waals surface area contributed by atoms with Crippen molar-refractivity contribution in [2.45, 2.75) is 32.1 Å². The highest BCUT2D eigenvalue weighted by molar-refractivity contribution is 6.32. The molecule has 0 atom stereocenters. The predicted octanol–water partition coefficient (Wildman–Crippen LogP) is 6.65. The van der Waals surface area contributed by atoms with Gasteiger partial charge in [0.2, 0.25) is 0 Å². The van der Waals surface area contributed by atoms with E-state index in [2.05, 4.69) is 23.1 Å². The number of benzene rings is 2. The number of nitrogens with zero attached hydrogens (tertiary/aromatic N) is 2. The van der Waals surface area contributed by atoms with E-state index >= 15 is 0 Å². The molecule has 0 bridgehead atoms. The molecule has 0 amide bonds. The molecule has 2 heterocycles. The van der Waals surface area contributed by atoms with E-state index in [4.69, 9.17) is 21.3 Å². The van der Waals surface area contributed by atoms with E-state index in [1.54, 1.807) is 0 Å². The number of likely N-dealkylation sites (tertiary alicyclic amines) is 1. The first kappa shape index (κ1) is 25.6. The first-order valence-corrected chi connectivity index (χ1v) is 13.4. The lowest BCUT2D eigenvalue weighted by atomic mass is 9.88. The van der Waals surface area contributed by atoms with Crippen LogP contribution in [0.4, 0.5) is 4.39 Å². The molecule has 1 aliphatic heterocycles. The predicted molar refractivity (Wildman–Crippen MR) is 147 cm³/mol. The molecule has 0 spiro atoms. The van der Waals surface area contributed by atoms with E-state index in [0.29, 0.717) is 17.9 Å². The van der Waals surface area contributed by atoms with Gasteiger partial charge in [0.15, 0.2) is 0 Å². The molecule has 1 aliphatic carbocycles. The van der Waals surface area contributed by atoms with Crippen molar-refractivity contribution in [3.8, 4) is 0 Å². The Balaban J connectivity index is 1.49. The summed E-state index contributed by atoms with van der Waals surface area (Å²) in [6.45, 7) is 2.66. The van der Waals surface area contributed by atoms with Crippen LogP contribution in [0.3, 0.4) is 0 Å². The molecule has 0 radical (unpaired) electrons. The summed E-state index contributed by atoms with van der Waals surface area (Å²) in [5.41, 5.74) is 8.17. The van der Waals surface area contributed by atoms with Gasteiger partial charge in [0.05, 0.1) is 25.0 Å². The van der Waals surface area contributed by atoms with Crippen molar-refractivity contribution in [1.82, 2.24) is 9.88 Å². The van der Waals surface area contributed by atoms with Crippen LogP contribution in [0.2, 0.25) is 5.02 Å². The van der Waals surface area contributed by atoms with Gasteiger partial charge in [-0.3, -0.25) is 9.37 Å². The summed E-state index contributed by atoms with van der Waals surface area (Å²) in [6.07, 6.45) is 6.26. The normalized spacial score (nSPS) is 16.2. The molecule has 0 unspecified atom stereocenters. The van der Waals surface area contributed by atoms with Crippen molar-refractivity contribution in [2.24, 2.45) is 5.92 Å². The molecular weight excluding hydrogens is 487 g/mol. The van der Waals surface area contributed by atoms with Crippen LogP contribution in [-0.4, -0.2) is 49.3 Å². The molecule has 192 valence electrons. The largest absolute Gasteiger partial charge is 0.465 e. The van der Waals surface area contributed by atoms with Gasteiger partial charge in [-0.2, -0.15) is 0 Å². The minimum Gasteiger partial charge on any atom is -0.465 e. The minimum absolute atomic E-state index is 0.244. The Morgan fingerprint density at radius 3 is 2.68 bits per heavy atom. The Bertz CT molecular complexity index is 1300. The SMILES string of the molecule is COC(=O)c1ccc2c(c1)CCCC(c1ccccc1Cl)=C2c1ccc(CC2CN(CCCF)C2)cn1. The van der Waals surface area contributed by atoms with Gasteiger partial charge in [-0.15, -0.1) is 0 Å². The smallest absolute Gasteiger partial charge is 0.337 e. The van der Waals surface area contributed by atoms with Gasteiger partial charge in [-0.05, 0) is 90.1 Å². The van der Waals surface area contributed by atoms with Crippen molar-refractivity contribution >= 4 is 28.7 Å². The number of esters is 1. The second-order valence-corrected chi connectivity index (χ2v) is 10.4. The molecule has 5 rings (SSSR count). The molecular formula is C31H32ClFN2O2. The second-order valence-electron chi connectivity index (χ2n) is 9.97. The lowest BCUT2D eigenvalue weighted by Gasteiger charge is -2.39. The Morgan fingerprint density at radius 2 is 1.95 bits per heavy atom. The highest BCUT2D eigenvalue weighted by Crippen LogP contribution is 2.41. The number of methoxy groups -OCH3 is 1. The molecule has 2 aromatic carbocycles. The van der Waals surface area contributed by atoms with Crippen LogP contribution in [-0.2, 0) is 17.6 Å². The molecule has 1 fully saturated rings. The standard InChI is InChI=1S/C31H32ClFN2O2/c1-37-31(36)24-11-12-25-23(17-24)6-4-8-27(26-7-2-3-9-28(26)32)30(25)29-13-10-21(18-34-29)16-22-19-35(20-22)15-5-14-33/h2-3,7,9-13,17-18,22H,4-6,8,14-16,19-20H2,1H3. The van der Waals surface area contributed by atoms with Gasteiger partial charge >= 0.3 is 5.97 Å². The van der Waals surface area contributed by atoms with Gasteiger partial charge in [0, 0.05) is 36.4 Å². The zero-order chi connectivity index (χ0) is 25.8. The molecule has 37 heavy (non-hydrogen) atoms. The average Bonchev–Trinajstić information content (AvgIpc) is 3.09. The lowest BCUT2D eigenvalue weighted by molar-refractivity contribution is 0.0600. The number of aromatic nitrogens is 1. The van der Waals surface area contributed by atoms with Crippen LogP contribution >= 0.6 is 11.6 Å². The number of fused-ring (bicyclic) bond motifs is 1. The van der Waals surface area contributed by atoms with Crippen LogP contribution in [0.5, 0.6) is 0 Å². The lowest BCUT2D eigenvalue weighted by Crippen LogP contribution is -2.47. The number of allylic oxidation sites excluding steroid dienone is 1. The summed E-state index contributed by atoms with van der Waals surface area (Å²) < 4.78 is 17.4. The van der Waals surface area contributed by atoms with Crippen molar-refractivity contribution < 1.29 is 13.9 Å². The van der Waals surface area contributed by atoms with Crippen LogP contribution in [0, 0.1) is 5.92 Å². The minimum atomic E-state index is -0.328. The number of alkyl halides is 1. The maximum absolute atomic E-state index is 12.4. The topological polar surface area (TPSA) is 42.4 Å². The Labute approximate surface area is 223 Å². The van der Waals surface area contributed by atoms with Crippen molar-refractivity contribution in [1.29, 1.82) is 0 Å². The summed E-state index contributed by atoms with van der Waals surface area (Å²) in [5, 5.41) is 0.726. The zero-order valence-corrected chi connectivity index (χ0v) is 21.9. The number of halogens is 2. The van der Waals surface area contributed by atoms with E-state index < -0.39 is 0 Å². The summed E-state index contributed by atoms with van der Waals surface area (Å²) in [5.74, 6) is 0.270. The first-order valence-electron chi connectivity index (χ1n) is 13.0. The Kier molecular flexibility index (Phi) is 8.02. The van der Waals surface area contributed by atoms with Gasteiger partial charge in [-0.1, -0.05) is 41.9 Å². The molecule has 4 nitrogen and oxygen atoms in total. The maximum Gasteiger partial charge on any atom is 0.337 e. The van der Waals surface area contributed by atoms with Gasteiger partial charge in [-0.25, -0.2) is 4.79 Å². The van der Waals surface area contributed by atoms with Crippen molar-refractivity contribution in [2.75, 3.05) is 33.4 Å². The van der Waals surface area contributed by atoms with E-state index in [1.807, 2.05) is 42.6 Å². The van der Waals surface area contributed by atoms with E-state index in [9.17, 15) is 9.18 Å². The fraction of sp³-hybridized carbons (Fsp3) is 0.355. The van der Waals surface area contributed by atoms with Gasteiger partial charge < -0.3 is 9.64 Å². The molecule has 0 saturated carbocycles. The number of hydrogen-bond donors (Lipinski definition) is 0. The number of hydrogen-bond acceptors (Lipinski definition) is 4.